The quantitative estimate of drug-likeness (QED) is 0.154. The number of rotatable bonds is 6. The average molecular weight is 700 g/mol. The van der Waals surface area contributed by atoms with Gasteiger partial charge in [-0.3, -0.25) is 0 Å². The van der Waals surface area contributed by atoms with Crippen molar-refractivity contribution in [2.45, 2.75) is 0 Å². The van der Waals surface area contributed by atoms with E-state index in [1.165, 1.54) is 0 Å². The summed E-state index contributed by atoms with van der Waals surface area (Å²) in [5.74, 6) is 0. The van der Waals surface area contributed by atoms with Gasteiger partial charge < -0.3 is 44.1 Å². The SMILES string of the molecule is [Ce+3].[Ce+3].[O-]B([O-])OC(F)=C(F)F.[O-]B([O-])OC(F)=C(F)F.[O-]B([O-])OC(F)=C(F)F. The maximum Gasteiger partial charge on any atom is 3.00 e. The van der Waals surface area contributed by atoms with Crippen molar-refractivity contribution in [3.8, 4) is 0 Å². The van der Waals surface area contributed by atoms with Crippen LogP contribution in [-0.4, -0.2) is 22.0 Å². The van der Waals surface area contributed by atoms with Crippen LogP contribution in [0.25, 0.3) is 0 Å². The first kappa shape index (κ1) is 40.1. The molecule has 9 nitrogen and oxygen atoms in total. The van der Waals surface area contributed by atoms with Crippen molar-refractivity contribution in [1.29, 1.82) is 0 Å². The van der Waals surface area contributed by atoms with Crippen molar-refractivity contribution in [2.24, 2.45) is 0 Å². The molecule has 29 heavy (non-hydrogen) atoms. The molecule has 0 fully saturated rings. The van der Waals surface area contributed by atoms with Crippen LogP contribution >= 0.6 is 0 Å². The number of halogens is 9. The molecule has 0 bridgehead atoms. The summed E-state index contributed by atoms with van der Waals surface area (Å²) in [4.78, 5) is 0. The summed E-state index contributed by atoms with van der Waals surface area (Å²) in [6, 6.07) is -7.24. The average Bonchev–Trinajstić information content (AvgIpc) is 2.46. The fourth-order valence-electron chi connectivity index (χ4n) is 0.387. The van der Waals surface area contributed by atoms with Crippen LogP contribution in [-0.2, 0) is 14.0 Å². The van der Waals surface area contributed by atoms with Crippen molar-refractivity contribution >= 4 is 22.0 Å². The van der Waals surface area contributed by atoms with Crippen LogP contribution in [0.5, 0.6) is 0 Å². The topological polar surface area (TPSA) is 166 Å². The molecule has 0 aliphatic carbocycles. The first-order valence-corrected chi connectivity index (χ1v) is 5.18. The van der Waals surface area contributed by atoms with Gasteiger partial charge in [0.15, 0.2) is 0 Å². The van der Waals surface area contributed by atoms with Crippen LogP contribution in [0.3, 0.4) is 0 Å². The van der Waals surface area contributed by atoms with E-state index in [2.05, 4.69) is 14.0 Å². The van der Waals surface area contributed by atoms with Gasteiger partial charge >= 0.3 is 120 Å². The van der Waals surface area contributed by atoms with Crippen molar-refractivity contribution in [3.63, 3.8) is 0 Å². The second kappa shape index (κ2) is 23.4. The molecule has 0 aromatic heterocycles. The van der Waals surface area contributed by atoms with Crippen LogP contribution in [0.15, 0.2) is 36.3 Å². The molecule has 0 saturated carbocycles. The Bertz CT molecular complexity index is 443. The predicted octanol–water partition coefficient (Wildman–Crippen LogP) is -3.77. The van der Waals surface area contributed by atoms with E-state index in [9.17, 15) is 69.7 Å². The Labute approximate surface area is 223 Å². The Kier molecular flexibility index (Phi) is 32.3. The fraction of sp³-hybridized carbons (Fsp3) is 0. The monoisotopic (exact) mass is 700 g/mol. The molecule has 2 radical (unpaired) electrons. The third-order valence-corrected chi connectivity index (χ3v) is 1.04. The molecule has 0 N–H and O–H groups in total. The summed E-state index contributed by atoms with van der Waals surface area (Å²) < 4.78 is 108. The minimum atomic E-state index is -3.05. The van der Waals surface area contributed by atoms with Crippen LogP contribution in [0.4, 0.5) is 39.5 Å². The molecule has 0 spiro atoms. The molecule has 0 aromatic carbocycles. The maximum atomic E-state index is 11.3. The maximum absolute atomic E-state index is 11.3. The summed E-state index contributed by atoms with van der Waals surface area (Å²) in [6.07, 6.45) is -8.44. The largest absolute Gasteiger partial charge is 3.00 e. The second-order valence-electron chi connectivity index (χ2n) is 2.82. The summed E-state index contributed by atoms with van der Waals surface area (Å²) >= 11 is 0. The van der Waals surface area contributed by atoms with Gasteiger partial charge in [0.05, 0.1) is 0 Å². The molecular weight excluding hydrogens is 700 g/mol. The molecule has 0 aromatic rings. The van der Waals surface area contributed by atoms with Gasteiger partial charge in [-0.1, -0.05) is 0 Å². The van der Waals surface area contributed by atoms with Gasteiger partial charge in [0, 0.05) is 0 Å². The van der Waals surface area contributed by atoms with Crippen LogP contribution in [0.1, 0.15) is 0 Å². The summed E-state index contributed by atoms with van der Waals surface area (Å²) in [5.41, 5.74) is 0. The summed E-state index contributed by atoms with van der Waals surface area (Å²) in [7, 11) is -9.15. The molecule has 0 saturated heterocycles. The van der Waals surface area contributed by atoms with E-state index in [0.29, 0.717) is 0 Å². The summed E-state index contributed by atoms with van der Waals surface area (Å²) in [5, 5.41) is 55.5. The minimum Gasteiger partial charge on any atom is -0.860 e. The Morgan fingerprint density at radius 3 is 0.586 bits per heavy atom. The predicted molar refractivity (Wildman–Crippen MR) is 51.6 cm³/mol. The molecule has 0 aliphatic heterocycles. The van der Waals surface area contributed by atoms with Crippen molar-refractivity contribution in [1.82, 2.24) is 0 Å². The van der Waals surface area contributed by atoms with E-state index in [1.54, 1.807) is 0 Å². The third kappa shape index (κ3) is 33.5. The van der Waals surface area contributed by atoms with Crippen molar-refractivity contribution in [3.05, 3.63) is 36.3 Å². The fourth-order valence-corrected chi connectivity index (χ4v) is 0.387. The van der Waals surface area contributed by atoms with Gasteiger partial charge in [0.2, 0.25) is 0 Å². The molecule has 0 aliphatic rings. The van der Waals surface area contributed by atoms with Gasteiger partial charge in [0.1, 0.15) is 22.0 Å². The van der Waals surface area contributed by atoms with E-state index < -0.39 is 58.2 Å². The third-order valence-electron chi connectivity index (χ3n) is 1.04. The number of hydrogen-bond donors (Lipinski definition) is 0. The molecule has 158 valence electrons. The van der Waals surface area contributed by atoms with Gasteiger partial charge in [-0.25, -0.2) is 0 Å². The Morgan fingerprint density at radius 2 is 0.552 bits per heavy atom. The molecule has 23 heteroatoms. The van der Waals surface area contributed by atoms with Crippen molar-refractivity contribution in [2.75, 3.05) is 0 Å². The first-order valence-electron chi connectivity index (χ1n) is 5.18. The standard InChI is InChI=1S/3C2BF3O3.2Ce/c3*4-1(5)2(6)9-3(7)8;;/q3*-2;2*+3. The van der Waals surface area contributed by atoms with E-state index in [-0.39, 0.29) is 83.5 Å². The zero-order valence-corrected chi connectivity index (χ0v) is 19.1. The van der Waals surface area contributed by atoms with Crippen LogP contribution < -0.4 is 30.1 Å². The number of hydrogen-bond acceptors (Lipinski definition) is 9. The molecule has 0 rings (SSSR count). The zero-order valence-electron chi connectivity index (χ0n) is 12.8. The first-order chi connectivity index (χ1) is 12.1. The van der Waals surface area contributed by atoms with Crippen LogP contribution in [0.2, 0.25) is 0 Å². The zero-order chi connectivity index (χ0) is 22.3. The summed E-state index contributed by atoms with van der Waals surface area (Å²) in [6.45, 7) is 0. The van der Waals surface area contributed by atoms with E-state index in [1.807, 2.05) is 0 Å². The van der Waals surface area contributed by atoms with E-state index in [4.69, 9.17) is 0 Å². The normalized spacial score (nSPS) is 7.97. The smallest absolute Gasteiger partial charge is 0.860 e. The molecule has 0 unspecified atom stereocenters. The Balaban J connectivity index is -0.0000000960. The van der Waals surface area contributed by atoms with Gasteiger partial charge in [-0.05, 0) is 0 Å². The van der Waals surface area contributed by atoms with E-state index in [0.717, 1.165) is 0 Å². The Morgan fingerprint density at radius 1 is 0.414 bits per heavy atom. The molecule has 0 amide bonds. The molecule has 0 atom stereocenters. The van der Waals surface area contributed by atoms with Crippen molar-refractivity contribution < 1.29 is 167 Å². The van der Waals surface area contributed by atoms with E-state index >= 15 is 0 Å². The van der Waals surface area contributed by atoms with Gasteiger partial charge in [-0.15, -0.1) is 0 Å². The Hall–Kier alpha value is 0.698. The van der Waals surface area contributed by atoms with Gasteiger partial charge in [0.25, 0.3) is 0 Å². The second-order valence-corrected chi connectivity index (χ2v) is 2.82. The van der Waals surface area contributed by atoms with Crippen LogP contribution in [0, 0.1) is 83.5 Å². The minimum absolute atomic E-state index is 0. The molecular formula is C6B3Ce2F9O9. The molecule has 0 heterocycles. The van der Waals surface area contributed by atoms with Gasteiger partial charge in [-0.2, -0.15) is 39.5 Å².